The number of nitrogens with one attached hydrogen (secondary N) is 1. The van der Waals surface area contributed by atoms with Gasteiger partial charge in [0, 0.05) is 12.6 Å². The van der Waals surface area contributed by atoms with Gasteiger partial charge in [0.25, 0.3) is 0 Å². The van der Waals surface area contributed by atoms with E-state index in [9.17, 15) is 5.11 Å². The largest absolute Gasteiger partial charge is 0.392 e. The van der Waals surface area contributed by atoms with Gasteiger partial charge in [-0.15, -0.1) is 0 Å². The van der Waals surface area contributed by atoms with Gasteiger partial charge >= 0.3 is 0 Å². The molecule has 0 amide bonds. The monoisotopic (exact) mass is 311 g/mol. The maximum Gasteiger partial charge on any atom is 0.0664 e. The van der Waals surface area contributed by atoms with E-state index in [4.69, 9.17) is 0 Å². The summed E-state index contributed by atoms with van der Waals surface area (Å²) >= 11 is 0. The third-order valence-electron chi connectivity index (χ3n) is 5.14. The van der Waals surface area contributed by atoms with Crippen LogP contribution in [0.2, 0.25) is 0 Å². The zero-order chi connectivity index (χ0) is 15.9. The summed E-state index contributed by atoms with van der Waals surface area (Å²) in [7, 11) is 0. The van der Waals surface area contributed by atoms with Gasteiger partial charge in [-0.05, 0) is 19.3 Å². The van der Waals surface area contributed by atoms with Crippen LogP contribution in [0.15, 0.2) is 0 Å². The molecule has 1 fully saturated rings. The normalized spacial score (nSPS) is 17.7. The molecule has 1 rings (SSSR count). The fourth-order valence-corrected chi connectivity index (χ4v) is 3.58. The van der Waals surface area contributed by atoms with Crippen molar-refractivity contribution in [3.63, 3.8) is 0 Å². The SMILES string of the molecule is CCCCCCCCCCCCC(O)CNC1CCCCC1. The van der Waals surface area contributed by atoms with Crippen LogP contribution in [0.25, 0.3) is 0 Å². The molecule has 132 valence electrons. The van der Waals surface area contributed by atoms with E-state index in [1.165, 1.54) is 96.3 Å². The molecule has 0 saturated heterocycles. The molecule has 0 aromatic carbocycles. The fourth-order valence-electron chi connectivity index (χ4n) is 3.58. The Labute approximate surface area is 139 Å². The van der Waals surface area contributed by atoms with Gasteiger partial charge in [-0.2, -0.15) is 0 Å². The number of unbranched alkanes of at least 4 members (excludes halogenated alkanes) is 9. The Balaban J connectivity index is 1.79. The first-order valence-corrected chi connectivity index (χ1v) is 10.2. The first-order chi connectivity index (χ1) is 10.8. The molecular weight excluding hydrogens is 270 g/mol. The molecule has 22 heavy (non-hydrogen) atoms. The number of aliphatic hydroxyl groups is 1. The van der Waals surface area contributed by atoms with Gasteiger partial charge in [-0.3, -0.25) is 0 Å². The Morgan fingerprint density at radius 1 is 0.818 bits per heavy atom. The van der Waals surface area contributed by atoms with E-state index in [1.807, 2.05) is 0 Å². The molecule has 0 bridgehead atoms. The molecule has 0 spiro atoms. The van der Waals surface area contributed by atoms with Crippen molar-refractivity contribution in [3.05, 3.63) is 0 Å². The van der Waals surface area contributed by atoms with E-state index in [1.54, 1.807) is 0 Å². The van der Waals surface area contributed by atoms with Crippen molar-refractivity contribution in [3.8, 4) is 0 Å². The Morgan fingerprint density at radius 2 is 1.36 bits per heavy atom. The van der Waals surface area contributed by atoms with Gasteiger partial charge < -0.3 is 10.4 Å². The van der Waals surface area contributed by atoms with Crippen LogP contribution in [0, 0.1) is 0 Å². The van der Waals surface area contributed by atoms with Crippen LogP contribution in [-0.2, 0) is 0 Å². The first kappa shape index (κ1) is 20.0. The van der Waals surface area contributed by atoms with Gasteiger partial charge in [0.05, 0.1) is 6.10 Å². The van der Waals surface area contributed by atoms with Crippen LogP contribution in [0.1, 0.15) is 110 Å². The maximum atomic E-state index is 10.0. The van der Waals surface area contributed by atoms with E-state index in [2.05, 4.69) is 12.2 Å². The molecule has 2 nitrogen and oxygen atoms in total. The second-order valence-corrected chi connectivity index (χ2v) is 7.37. The Bertz CT molecular complexity index is 226. The zero-order valence-electron chi connectivity index (χ0n) is 15.1. The standard InChI is InChI=1S/C20H41NO/c1-2-3-4-5-6-7-8-9-10-14-17-20(22)18-21-19-15-12-11-13-16-19/h19-22H,2-18H2,1H3. The summed E-state index contributed by atoms with van der Waals surface area (Å²) in [6.45, 7) is 3.08. The number of rotatable bonds is 14. The summed E-state index contributed by atoms with van der Waals surface area (Å²) in [5.74, 6) is 0. The topological polar surface area (TPSA) is 32.3 Å². The lowest BCUT2D eigenvalue weighted by Crippen LogP contribution is -2.36. The van der Waals surface area contributed by atoms with Crippen molar-refractivity contribution in [2.45, 2.75) is 122 Å². The minimum atomic E-state index is -0.129. The maximum absolute atomic E-state index is 10.0. The summed E-state index contributed by atoms with van der Waals surface area (Å²) in [6, 6.07) is 0.677. The van der Waals surface area contributed by atoms with Gasteiger partial charge in [0.2, 0.25) is 0 Å². The molecule has 0 heterocycles. The summed E-state index contributed by atoms with van der Waals surface area (Å²) in [6.07, 6.45) is 21.3. The number of hydrogen-bond acceptors (Lipinski definition) is 2. The van der Waals surface area contributed by atoms with Crippen molar-refractivity contribution in [1.82, 2.24) is 5.32 Å². The van der Waals surface area contributed by atoms with E-state index in [0.29, 0.717) is 6.04 Å². The van der Waals surface area contributed by atoms with Crippen LogP contribution in [0.4, 0.5) is 0 Å². The van der Waals surface area contributed by atoms with E-state index >= 15 is 0 Å². The predicted octanol–water partition coefficient (Wildman–Crippen LogP) is 5.58. The van der Waals surface area contributed by atoms with Crippen LogP contribution < -0.4 is 5.32 Å². The van der Waals surface area contributed by atoms with Crippen LogP contribution in [0.5, 0.6) is 0 Å². The lowest BCUT2D eigenvalue weighted by atomic mass is 9.95. The Morgan fingerprint density at radius 3 is 1.95 bits per heavy atom. The van der Waals surface area contributed by atoms with E-state index in [-0.39, 0.29) is 6.10 Å². The quantitative estimate of drug-likeness (QED) is 0.410. The van der Waals surface area contributed by atoms with Crippen LogP contribution in [0.3, 0.4) is 0 Å². The van der Waals surface area contributed by atoms with Crippen LogP contribution in [-0.4, -0.2) is 23.8 Å². The fraction of sp³-hybridized carbons (Fsp3) is 1.00. The van der Waals surface area contributed by atoms with Gasteiger partial charge in [0.15, 0.2) is 0 Å². The lowest BCUT2D eigenvalue weighted by Gasteiger charge is -2.24. The molecule has 0 aliphatic heterocycles. The molecule has 1 saturated carbocycles. The van der Waals surface area contributed by atoms with Gasteiger partial charge in [0.1, 0.15) is 0 Å². The van der Waals surface area contributed by atoms with E-state index < -0.39 is 0 Å². The molecule has 1 aliphatic rings. The third kappa shape index (κ3) is 11.5. The van der Waals surface area contributed by atoms with Crippen molar-refractivity contribution < 1.29 is 5.11 Å². The number of aliphatic hydroxyl groups excluding tert-OH is 1. The number of hydrogen-bond donors (Lipinski definition) is 2. The highest BCUT2D eigenvalue weighted by molar-refractivity contribution is 4.73. The van der Waals surface area contributed by atoms with Gasteiger partial charge in [-0.1, -0.05) is 90.4 Å². The summed E-state index contributed by atoms with van der Waals surface area (Å²) in [5.41, 5.74) is 0. The van der Waals surface area contributed by atoms with Crippen molar-refractivity contribution >= 4 is 0 Å². The summed E-state index contributed by atoms with van der Waals surface area (Å²) in [4.78, 5) is 0. The molecule has 0 aromatic heterocycles. The van der Waals surface area contributed by atoms with Crippen molar-refractivity contribution in [2.24, 2.45) is 0 Å². The second-order valence-electron chi connectivity index (χ2n) is 7.37. The van der Waals surface area contributed by atoms with Crippen LogP contribution >= 0.6 is 0 Å². The molecule has 1 atom stereocenters. The van der Waals surface area contributed by atoms with Crippen molar-refractivity contribution in [2.75, 3.05) is 6.54 Å². The summed E-state index contributed by atoms with van der Waals surface area (Å²) < 4.78 is 0. The minimum absolute atomic E-state index is 0.129. The zero-order valence-corrected chi connectivity index (χ0v) is 15.1. The molecule has 1 aliphatic carbocycles. The Hall–Kier alpha value is -0.0800. The van der Waals surface area contributed by atoms with Gasteiger partial charge in [-0.25, -0.2) is 0 Å². The molecule has 2 N–H and O–H groups in total. The summed E-state index contributed by atoms with van der Waals surface area (Å²) in [5, 5.41) is 13.6. The smallest absolute Gasteiger partial charge is 0.0664 e. The third-order valence-corrected chi connectivity index (χ3v) is 5.14. The minimum Gasteiger partial charge on any atom is -0.392 e. The molecule has 2 heteroatoms. The Kier molecular flexibility index (Phi) is 13.2. The van der Waals surface area contributed by atoms with Crippen molar-refractivity contribution in [1.29, 1.82) is 0 Å². The average Bonchev–Trinajstić information content (AvgIpc) is 2.55. The van der Waals surface area contributed by atoms with E-state index in [0.717, 1.165) is 13.0 Å². The highest BCUT2D eigenvalue weighted by Crippen LogP contribution is 2.17. The molecule has 0 radical (unpaired) electrons. The second kappa shape index (κ2) is 14.5. The predicted molar refractivity (Wildman–Crippen MR) is 97.3 cm³/mol. The average molecular weight is 312 g/mol. The highest BCUT2D eigenvalue weighted by atomic mass is 16.3. The highest BCUT2D eigenvalue weighted by Gasteiger charge is 2.13. The molecule has 0 aromatic rings. The first-order valence-electron chi connectivity index (χ1n) is 10.2. The molecular formula is C20H41NO. The molecule has 1 unspecified atom stereocenters. The lowest BCUT2D eigenvalue weighted by molar-refractivity contribution is 0.150.